The Bertz CT molecular complexity index is 208. The zero-order valence-corrected chi connectivity index (χ0v) is 9.67. The maximum Gasteiger partial charge on any atom is 0.311 e. The summed E-state index contributed by atoms with van der Waals surface area (Å²) in [6, 6.07) is 0. The van der Waals surface area contributed by atoms with Crippen molar-refractivity contribution in [1.82, 2.24) is 4.90 Å². The number of nitrogens with zero attached hydrogens (tertiary/aromatic N) is 1. The number of esters is 1. The van der Waals surface area contributed by atoms with E-state index >= 15 is 0 Å². The van der Waals surface area contributed by atoms with Crippen LogP contribution in [0, 0.1) is 5.41 Å². The Morgan fingerprint density at radius 1 is 1.50 bits per heavy atom. The van der Waals surface area contributed by atoms with E-state index in [1.807, 2.05) is 20.8 Å². The fourth-order valence-electron chi connectivity index (χ4n) is 1.51. The number of likely N-dealkylation sites (N-methyl/N-ethyl adjacent to an activating group) is 1. The summed E-state index contributed by atoms with van der Waals surface area (Å²) in [6.07, 6.45) is 1.09. The van der Waals surface area contributed by atoms with Gasteiger partial charge in [0.25, 0.3) is 0 Å². The molecule has 1 heterocycles. The molecule has 0 aromatic carbocycles. The lowest BCUT2D eigenvalue weighted by Crippen LogP contribution is -2.30. The second-order valence-corrected chi connectivity index (χ2v) is 4.96. The first-order chi connectivity index (χ1) is 6.43. The molecule has 0 N–H and O–H groups in total. The average molecular weight is 199 g/mol. The van der Waals surface area contributed by atoms with Gasteiger partial charge in [-0.15, -0.1) is 0 Å². The minimum absolute atomic E-state index is 0.0829. The third kappa shape index (κ3) is 2.98. The predicted octanol–water partition coefficient (Wildman–Crippen LogP) is 1.67. The Hall–Kier alpha value is -0.570. The number of likely N-dealkylation sites (tertiary alicyclic amines) is 1. The van der Waals surface area contributed by atoms with Crippen LogP contribution in [0.2, 0.25) is 0 Å². The minimum Gasteiger partial charge on any atom is -0.461 e. The molecular weight excluding hydrogens is 178 g/mol. The third-order valence-electron chi connectivity index (χ3n) is 2.56. The first-order valence-electron chi connectivity index (χ1n) is 5.37. The van der Waals surface area contributed by atoms with E-state index < -0.39 is 0 Å². The van der Waals surface area contributed by atoms with Crippen LogP contribution in [-0.2, 0) is 9.53 Å². The van der Waals surface area contributed by atoms with E-state index in [0.717, 1.165) is 26.1 Å². The Morgan fingerprint density at radius 2 is 2.14 bits per heavy atom. The fourth-order valence-corrected chi connectivity index (χ4v) is 1.51. The molecule has 14 heavy (non-hydrogen) atoms. The van der Waals surface area contributed by atoms with Crippen LogP contribution < -0.4 is 0 Å². The molecular formula is C11H21NO2. The second-order valence-electron chi connectivity index (χ2n) is 4.96. The highest BCUT2D eigenvalue weighted by Crippen LogP contribution is 2.20. The van der Waals surface area contributed by atoms with Gasteiger partial charge in [-0.2, -0.15) is 0 Å². The molecule has 3 heteroatoms. The van der Waals surface area contributed by atoms with Crippen molar-refractivity contribution in [2.45, 2.75) is 40.2 Å². The fraction of sp³-hybridized carbons (Fsp3) is 0.909. The highest BCUT2D eigenvalue weighted by Gasteiger charge is 2.29. The Labute approximate surface area is 86.4 Å². The topological polar surface area (TPSA) is 29.5 Å². The summed E-state index contributed by atoms with van der Waals surface area (Å²) in [4.78, 5) is 13.9. The van der Waals surface area contributed by atoms with E-state index in [9.17, 15) is 4.79 Å². The first kappa shape index (κ1) is 11.5. The smallest absolute Gasteiger partial charge is 0.311 e. The van der Waals surface area contributed by atoms with Gasteiger partial charge in [-0.25, -0.2) is 0 Å². The van der Waals surface area contributed by atoms with Gasteiger partial charge in [0.1, 0.15) is 6.10 Å². The number of hydrogen-bond acceptors (Lipinski definition) is 3. The van der Waals surface area contributed by atoms with Gasteiger partial charge in [0.15, 0.2) is 0 Å². The number of rotatable bonds is 2. The molecule has 1 rings (SSSR count). The molecule has 0 unspecified atom stereocenters. The third-order valence-corrected chi connectivity index (χ3v) is 2.56. The van der Waals surface area contributed by atoms with E-state index in [1.54, 1.807) is 0 Å². The van der Waals surface area contributed by atoms with E-state index in [2.05, 4.69) is 11.8 Å². The van der Waals surface area contributed by atoms with Crippen LogP contribution in [0.1, 0.15) is 34.1 Å². The van der Waals surface area contributed by atoms with Gasteiger partial charge < -0.3 is 4.74 Å². The maximum absolute atomic E-state index is 11.6. The van der Waals surface area contributed by atoms with Crippen molar-refractivity contribution in [3.05, 3.63) is 0 Å². The minimum atomic E-state index is -0.375. The van der Waals surface area contributed by atoms with Gasteiger partial charge in [0.05, 0.1) is 5.41 Å². The molecule has 0 radical (unpaired) electrons. The average Bonchev–Trinajstić information content (AvgIpc) is 2.50. The molecule has 0 bridgehead atoms. The van der Waals surface area contributed by atoms with Crippen LogP contribution >= 0.6 is 0 Å². The molecule has 1 aliphatic rings. The van der Waals surface area contributed by atoms with Gasteiger partial charge in [-0.3, -0.25) is 9.69 Å². The number of hydrogen-bond donors (Lipinski definition) is 0. The van der Waals surface area contributed by atoms with Crippen molar-refractivity contribution < 1.29 is 9.53 Å². The van der Waals surface area contributed by atoms with Crippen LogP contribution in [0.15, 0.2) is 0 Å². The molecule has 3 nitrogen and oxygen atoms in total. The second kappa shape index (κ2) is 4.30. The van der Waals surface area contributed by atoms with Gasteiger partial charge in [-0.05, 0) is 33.7 Å². The molecule has 0 aromatic heterocycles. The largest absolute Gasteiger partial charge is 0.461 e. The molecule has 1 aliphatic heterocycles. The molecule has 1 atom stereocenters. The van der Waals surface area contributed by atoms with Gasteiger partial charge >= 0.3 is 5.97 Å². The van der Waals surface area contributed by atoms with Gasteiger partial charge in [0.2, 0.25) is 0 Å². The molecule has 0 spiro atoms. The molecule has 0 amide bonds. The Kier molecular flexibility index (Phi) is 3.53. The Balaban J connectivity index is 2.36. The van der Waals surface area contributed by atoms with Gasteiger partial charge in [0, 0.05) is 13.1 Å². The van der Waals surface area contributed by atoms with Gasteiger partial charge in [-0.1, -0.05) is 6.92 Å². The lowest BCUT2D eigenvalue weighted by Gasteiger charge is -2.20. The number of carbonyl (C=O) groups excluding carboxylic acids is 1. The predicted molar refractivity (Wildman–Crippen MR) is 56.1 cm³/mol. The summed E-state index contributed by atoms with van der Waals surface area (Å²) < 4.78 is 5.43. The van der Waals surface area contributed by atoms with Crippen molar-refractivity contribution in [2.75, 3.05) is 19.6 Å². The summed E-state index contributed by atoms with van der Waals surface area (Å²) >= 11 is 0. The van der Waals surface area contributed by atoms with Crippen molar-refractivity contribution in [2.24, 2.45) is 5.41 Å². The summed E-state index contributed by atoms with van der Waals surface area (Å²) in [5, 5.41) is 0. The van der Waals surface area contributed by atoms with Crippen molar-refractivity contribution >= 4 is 5.97 Å². The molecule has 1 saturated heterocycles. The molecule has 0 saturated carbocycles. The number of ether oxygens (including phenoxy) is 1. The van der Waals surface area contributed by atoms with E-state index in [4.69, 9.17) is 4.74 Å². The normalized spacial score (nSPS) is 23.9. The van der Waals surface area contributed by atoms with E-state index in [-0.39, 0.29) is 17.5 Å². The number of carbonyl (C=O) groups is 1. The van der Waals surface area contributed by atoms with Crippen molar-refractivity contribution in [1.29, 1.82) is 0 Å². The summed E-state index contributed by atoms with van der Waals surface area (Å²) in [5.74, 6) is -0.0829. The zero-order chi connectivity index (χ0) is 10.8. The van der Waals surface area contributed by atoms with Crippen LogP contribution in [0.4, 0.5) is 0 Å². The van der Waals surface area contributed by atoms with Crippen molar-refractivity contribution in [3.8, 4) is 0 Å². The Morgan fingerprint density at radius 3 is 2.57 bits per heavy atom. The molecule has 1 fully saturated rings. The maximum atomic E-state index is 11.6. The van der Waals surface area contributed by atoms with Crippen LogP contribution in [0.3, 0.4) is 0 Å². The molecule has 0 aromatic rings. The van der Waals surface area contributed by atoms with E-state index in [1.165, 1.54) is 0 Å². The summed E-state index contributed by atoms with van der Waals surface area (Å²) in [5.41, 5.74) is -0.375. The quantitative estimate of drug-likeness (QED) is 0.634. The monoisotopic (exact) mass is 199 g/mol. The first-order valence-corrected chi connectivity index (χ1v) is 5.37. The summed E-state index contributed by atoms with van der Waals surface area (Å²) in [6.45, 7) is 10.8. The standard InChI is InChI=1S/C11H21NO2/c1-5-12-7-6-9(8-12)14-10(13)11(2,3)4/h9H,5-8H2,1-4H3/t9-/m1/s1. The van der Waals surface area contributed by atoms with Crippen LogP contribution in [0.25, 0.3) is 0 Å². The van der Waals surface area contributed by atoms with E-state index in [0.29, 0.717) is 0 Å². The van der Waals surface area contributed by atoms with Crippen LogP contribution in [0.5, 0.6) is 0 Å². The van der Waals surface area contributed by atoms with Crippen molar-refractivity contribution in [3.63, 3.8) is 0 Å². The molecule has 0 aliphatic carbocycles. The lowest BCUT2D eigenvalue weighted by atomic mass is 9.97. The van der Waals surface area contributed by atoms with Crippen LogP contribution in [-0.4, -0.2) is 36.6 Å². The summed E-state index contributed by atoms with van der Waals surface area (Å²) in [7, 11) is 0. The molecule has 82 valence electrons. The lowest BCUT2D eigenvalue weighted by molar-refractivity contribution is -0.157. The highest BCUT2D eigenvalue weighted by molar-refractivity contribution is 5.75. The zero-order valence-electron chi connectivity index (χ0n) is 9.67. The highest BCUT2D eigenvalue weighted by atomic mass is 16.5. The SMILES string of the molecule is CCN1CC[C@@H](OC(=O)C(C)(C)C)C1.